The number of benzene rings is 1. The van der Waals surface area contributed by atoms with Gasteiger partial charge in [0.2, 0.25) is 0 Å². The van der Waals surface area contributed by atoms with E-state index in [1.54, 1.807) is 24.3 Å². The van der Waals surface area contributed by atoms with Gasteiger partial charge in [0.05, 0.1) is 13.2 Å². The minimum atomic E-state index is -0.843. The van der Waals surface area contributed by atoms with E-state index in [4.69, 9.17) is 19.7 Å². The van der Waals surface area contributed by atoms with Gasteiger partial charge >= 0.3 is 11.9 Å². The molecule has 6 heteroatoms. The number of carbonyl (C=O) groups is 2. The van der Waals surface area contributed by atoms with Crippen LogP contribution in [0.15, 0.2) is 24.3 Å². The Hall–Kier alpha value is -2.24. The van der Waals surface area contributed by atoms with Gasteiger partial charge in [-0.2, -0.15) is 0 Å². The molecule has 0 bridgehead atoms. The first kappa shape index (κ1) is 15.8. The Morgan fingerprint density at radius 2 is 1.35 bits per heavy atom. The van der Waals surface area contributed by atoms with Crippen LogP contribution in [0.25, 0.3) is 0 Å². The Bertz CT molecular complexity index is 406. The number of hydrogen-bond donors (Lipinski definition) is 2. The predicted octanol–water partition coefficient (Wildman–Crippen LogP) is 2.17. The van der Waals surface area contributed by atoms with Crippen molar-refractivity contribution in [2.75, 3.05) is 13.2 Å². The largest absolute Gasteiger partial charge is 0.493 e. The summed E-state index contributed by atoms with van der Waals surface area (Å²) in [6.45, 7) is 0.656. The van der Waals surface area contributed by atoms with Gasteiger partial charge in [-0.1, -0.05) is 6.07 Å². The summed E-state index contributed by atoms with van der Waals surface area (Å²) < 4.78 is 10.8. The van der Waals surface area contributed by atoms with Crippen molar-refractivity contribution in [3.05, 3.63) is 24.3 Å². The van der Waals surface area contributed by atoms with E-state index in [2.05, 4.69) is 0 Å². The summed E-state index contributed by atoms with van der Waals surface area (Å²) >= 11 is 0. The molecule has 1 rings (SSSR count). The first-order valence-electron chi connectivity index (χ1n) is 6.37. The monoisotopic (exact) mass is 282 g/mol. The zero-order valence-corrected chi connectivity index (χ0v) is 11.1. The van der Waals surface area contributed by atoms with Crippen molar-refractivity contribution in [2.45, 2.75) is 25.7 Å². The Balaban J connectivity index is 2.29. The van der Waals surface area contributed by atoms with Crippen molar-refractivity contribution in [3.8, 4) is 11.5 Å². The molecular weight excluding hydrogens is 264 g/mol. The molecule has 0 spiro atoms. The number of carboxylic acid groups (broad SMARTS) is 2. The zero-order valence-electron chi connectivity index (χ0n) is 11.1. The van der Waals surface area contributed by atoms with Crippen LogP contribution in [0.1, 0.15) is 25.7 Å². The summed E-state index contributed by atoms with van der Waals surface area (Å²) in [5.74, 6) is -0.481. The highest BCUT2D eigenvalue weighted by Gasteiger charge is 2.01. The zero-order chi connectivity index (χ0) is 14.8. The minimum Gasteiger partial charge on any atom is -0.493 e. The lowest BCUT2D eigenvalue weighted by Crippen LogP contribution is -2.03. The van der Waals surface area contributed by atoms with E-state index in [9.17, 15) is 9.59 Å². The number of carboxylic acids is 2. The van der Waals surface area contributed by atoms with Gasteiger partial charge in [-0.25, -0.2) is 0 Å². The van der Waals surface area contributed by atoms with E-state index < -0.39 is 11.9 Å². The van der Waals surface area contributed by atoms with Gasteiger partial charge in [0.15, 0.2) is 0 Å². The quantitative estimate of drug-likeness (QED) is 0.639. The average Bonchev–Trinajstić information content (AvgIpc) is 2.40. The van der Waals surface area contributed by atoms with Crippen LogP contribution < -0.4 is 9.47 Å². The first-order valence-corrected chi connectivity index (χ1v) is 6.37. The highest BCUT2D eigenvalue weighted by atomic mass is 16.5. The summed E-state index contributed by atoms with van der Waals surface area (Å²) in [7, 11) is 0. The minimum absolute atomic E-state index is 0.0748. The molecule has 20 heavy (non-hydrogen) atoms. The lowest BCUT2D eigenvalue weighted by Gasteiger charge is -2.08. The van der Waals surface area contributed by atoms with Crippen molar-refractivity contribution in [1.29, 1.82) is 0 Å². The van der Waals surface area contributed by atoms with E-state index in [-0.39, 0.29) is 12.8 Å². The molecule has 0 radical (unpaired) electrons. The molecule has 0 aliphatic rings. The summed E-state index contributed by atoms with van der Waals surface area (Å²) in [6, 6.07) is 6.97. The highest BCUT2D eigenvalue weighted by molar-refractivity contribution is 5.66. The lowest BCUT2D eigenvalue weighted by molar-refractivity contribution is -0.138. The van der Waals surface area contributed by atoms with E-state index in [0.29, 0.717) is 37.6 Å². The molecule has 0 unspecified atom stereocenters. The SMILES string of the molecule is O=C(O)CCCOc1cccc(OCCCC(=O)O)c1. The van der Waals surface area contributed by atoms with Crippen molar-refractivity contribution < 1.29 is 29.3 Å². The van der Waals surface area contributed by atoms with E-state index in [0.717, 1.165) is 0 Å². The molecule has 110 valence electrons. The van der Waals surface area contributed by atoms with Crippen LogP contribution >= 0.6 is 0 Å². The molecule has 0 amide bonds. The van der Waals surface area contributed by atoms with Crippen molar-refractivity contribution in [3.63, 3.8) is 0 Å². The van der Waals surface area contributed by atoms with Crippen LogP contribution in [-0.2, 0) is 9.59 Å². The Kier molecular flexibility index (Phi) is 6.95. The molecule has 6 nitrogen and oxygen atoms in total. The van der Waals surface area contributed by atoms with Gasteiger partial charge in [0.1, 0.15) is 11.5 Å². The highest BCUT2D eigenvalue weighted by Crippen LogP contribution is 2.19. The molecule has 1 aromatic carbocycles. The molecule has 2 N–H and O–H groups in total. The molecule has 0 saturated carbocycles. The van der Waals surface area contributed by atoms with Crippen LogP contribution in [0, 0.1) is 0 Å². The molecular formula is C14H18O6. The number of hydrogen-bond acceptors (Lipinski definition) is 4. The average molecular weight is 282 g/mol. The van der Waals surface area contributed by atoms with Crippen LogP contribution in [0.3, 0.4) is 0 Å². The second-order valence-electron chi connectivity index (χ2n) is 4.17. The fourth-order valence-electron chi connectivity index (χ4n) is 1.48. The number of rotatable bonds is 10. The Morgan fingerprint density at radius 1 is 0.900 bits per heavy atom. The molecule has 0 aromatic heterocycles. The second kappa shape index (κ2) is 8.79. The third kappa shape index (κ3) is 7.25. The van der Waals surface area contributed by atoms with Crippen LogP contribution in [0.5, 0.6) is 11.5 Å². The van der Waals surface area contributed by atoms with Gasteiger partial charge in [-0.05, 0) is 25.0 Å². The maximum Gasteiger partial charge on any atom is 0.303 e. The third-order valence-corrected chi connectivity index (χ3v) is 2.41. The van der Waals surface area contributed by atoms with Crippen LogP contribution in [0.4, 0.5) is 0 Å². The summed E-state index contributed by atoms with van der Waals surface area (Å²) in [4.78, 5) is 20.7. The van der Waals surface area contributed by atoms with Crippen LogP contribution in [0.2, 0.25) is 0 Å². The van der Waals surface area contributed by atoms with Gasteiger partial charge in [-0.3, -0.25) is 9.59 Å². The number of aliphatic carboxylic acids is 2. The molecule has 0 aliphatic carbocycles. The van der Waals surface area contributed by atoms with Gasteiger partial charge < -0.3 is 19.7 Å². The summed E-state index contributed by atoms with van der Waals surface area (Å²) in [5, 5.41) is 17.0. The lowest BCUT2D eigenvalue weighted by atomic mass is 10.3. The van der Waals surface area contributed by atoms with E-state index >= 15 is 0 Å². The van der Waals surface area contributed by atoms with Gasteiger partial charge in [0.25, 0.3) is 0 Å². The Labute approximate surface area is 116 Å². The maximum atomic E-state index is 10.3. The second-order valence-corrected chi connectivity index (χ2v) is 4.17. The van der Waals surface area contributed by atoms with Gasteiger partial charge in [0, 0.05) is 18.9 Å². The molecule has 0 fully saturated rings. The molecule has 1 aromatic rings. The Morgan fingerprint density at radius 3 is 1.75 bits per heavy atom. The smallest absolute Gasteiger partial charge is 0.303 e. The number of ether oxygens (including phenoxy) is 2. The van der Waals surface area contributed by atoms with Crippen molar-refractivity contribution in [1.82, 2.24) is 0 Å². The fourth-order valence-corrected chi connectivity index (χ4v) is 1.48. The predicted molar refractivity (Wildman–Crippen MR) is 71.2 cm³/mol. The van der Waals surface area contributed by atoms with Crippen molar-refractivity contribution in [2.24, 2.45) is 0 Å². The summed E-state index contributed by atoms with van der Waals surface area (Å²) in [5.41, 5.74) is 0. The fraction of sp³-hybridized carbons (Fsp3) is 0.429. The molecule has 0 atom stereocenters. The van der Waals surface area contributed by atoms with Crippen molar-refractivity contribution >= 4 is 11.9 Å². The summed E-state index contributed by atoms with van der Waals surface area (Å²) in [6.07, 6.45) is 1.04. The van der Waals surface area contributed by atoms with Gasteiger partial charge in [-0.15, -0.1) is 0 Å². The normalized spacial score (nSPS) is 10.0. The first-order chi connectivity index (χ1) is 9.58. The molecule has 0 heterocycles. The topological polar surface area (TPSA) is 93.1 Å². The standard InChI is InChI=1S/C14H18O6/c15-13(16)6-2-8-19-11-4-1-5-12(10-11)20-9-3-7-14(17)18/h1,4-5,10H,2-3,6-9H2,(H,15,16)(H,17,18). The molecule has 0 saturated heterocycles. The van der Waals surface area contributed by atoms with E-state index in [1.165, 1.54) is 0 Å². The van der Waals surface area contributed by atoms with E-state index in [1.807, 2.05) is 0 Å². The van der Waals surface area contributed by atoms with Crippen LogP contribution in [-0.4, -0.2) is 35.4 Å². The third-order valence-electron chi connectivity index (χ3n) is 2.41. The molecule has 0 aliphatic heterocycles. The maximum absolute atomic E-state index is 10.3.